The van der Waals surface area contributed by atoms with Crippen molar-refractivity contribution in [3.63, 3.8) is 0 Å². The summed E-state index contributed by atoms with van der Waals surface area (Å²) in [5.41, 5.74) is 2.53. The molecule has 0 N–H and O–H groups in total. The van der Waals surface area contributed by atoms with Crippen molar-refractivity contribution in [1.29, 1.82) is 0 Å². The molecule has 1 aromatic heterocycles. The first kappa shape index (κ1) is 6.28. The van der Waals surface area contributed by atoms with Crippen LogP contribution in [0.2, 0.25) is 0 Å². The van der Waals surface area contributed by atoms with Crippen LogP contribution in [-0.4, -0.2) is 15.5 Å². The molecule has 0 atom stereocenters. The Kier molecular flexibility index (Phi) is 1.45. The van der Waals surface area contributed by atoms with E-state index < -0.39 is 0 Å². The lowest BCUT2D eigenvalue weighted by atomic mass is 10.4. The first-order valence-electron chi connectivity index (χ1n) is 3.47. The van der Waals surface area contributed by atoms with E-state index in [4.69, 9.17) is 0 Å². The maximum atomic E-state index is 4.35. The van der Waals surface area contributed by atoms with Gasteiger partial charge in [-0.15, -0.1) is 0 Å². The highest BCUT2D eigenvalue weighted by Crippen LogP contribution is 2.18. The molecular formula is C7H10N2S. The summed E-state index contributed by atoms with van der Waals surface area (Å²) >= 11 is 1.99. The van der Waals surface area contributed by atoms with E-state index in [0.717, 1.165) is 18.0 Å². The van der Waals surface area contributed by atoms with Crippen LogP contribution in [0.1, 0.15) is 11.4 Å². The van der Waals surface area contributed by atoms with Crippen molar-refractivity contribution >= 4 is 11.8 Å². The highest BCUT2D eigenvalue weighted by molar-refractivity contribution is 7.98. The zero-order valence-electron chi connectivity index (χ0n) is 6.00. The van der Waals surface area contributed by atoms with Gasteiger partial charge in [0, 0.05) is 17.2 Å². The van der Waals surface area contributed by atoms with Gasteiger partial charge in [-0.05, 0) is 13.0 Å². The minimum atomic E-state index is 1.09. The van der Waals surface area contributed by atoms with Gasteiger partial charge in [0.15, 0.2) is 0 Å². The van der Waals surface area contributed by atoms with Gasteiger partial charge < -0.3 is 0 Å². The third-order valence-electron chi connectivity index (χ3n) is 1.68. The Morgan fingerprint density at radius 1 is 1.70 bits per heavy atom. The third-order valence-corrected chi connectivity index (χ3v) is 2.65. The van der Waals surface area contributed by atoms with Crippen molar-refractivity contribution in [3.8, 4) is 0 Å². The number of fused-ring (bicyclic) bond motifs is 1. The number of hydrogen-bond acceptors (Lipinski definition) is 2. The van der Waals surface area contributed by atoms with Crippen LogP contribution in [0, 0.1) is 6.92 Å². The fraction of sp³-hybridized carbons (Fsp3) is 0.571. The summed E-state index contributed by atoms with van der Waals surface area (Å²) in [5.74, 6) is 2.36. The Labute approximate surface area is 64.6 Å². The van der Waals surface area contributed by atoms with Gasteiger partial charge in [0.25, 0.3) is 0 Å². The molecule has 10 heavy (non-hydrogen) atoms. The van der Waals surface area contributed by atoms with Crippen LogP contribution in [-0.2, 0) is 12.3 Å². The lowest BCUT2D eigenvalue weighted by Crippen LogP contribution is -2.10. The summed E-state index contributed by atoms with van der Waals surface area (Å²) in [7, 11) is 0. The molecule has 1 aliphatic heterocycles. The van der Waals surface area contributed by atoms with Crippen LogP contribution in [0.3, 0.4) is 0 Å². The summed E-state index contributed by atoms with van der Waals surface area (Å²) in [6, 6.07) is 2.17. The van der Waals surface area contributed by atoms with E-state index >= 15 is 0 Å². The topological polar surface area (TPSA) is 17.8 Å². The van der Waals surface area contributed by atoms with E-state index in [2.05, 4.69) is 22.8 Å². The summed E-state index contributed by atoms with van der Waals surface area (Å²) in [6.45, 7) is 3.14. The Morgan fingerprint density at radius 2 is 2.60 bits per heavy atom. The molecule has 54 valence electrons. The molecule has 2 rings (SSSR count). The van der Waals surface area contributed by atoms with Crippen molar-refractivity contribution < 1.29 is 0 Å². The van der Waals surface area contributed by atoms with E-state index in [1.165, 1.54) is 11.4 Å². The molecule has 0 fully saturated rings. The van der Waals surface area contributed by atoms with E-state index in [1.54, 1.807) is 0 Å². The second kappa shape index (κ2) is 2.31. The minimum absolute atomic E-state index is 1.09. The second-order valence-corrected chi connectivity index (χ2v) is 3.66. The van der Waals surface area contributed by atoms with Crippen molar-refractivity contribution in [2.45, 2.75) is 19.2 Å². The highest BCUT2D eigenvalue weighted by Gasteiger charge is 2.09. The van der Waals surface area contributed by atoms with Crippen molar-refractivity contribution in [3.05, 3.63) is 17.5 Å². The molecule has 2 nitrogen and oxygen atoms in total. The van der Waals surface area contributed by atoms with Gasteiger partial charge in [-0.1, -0.05) is 0 Å². The molecule has 0 aromatic carbocycles. The molecule has 1 aliphatic rings. The molecule has 0 bridgehead atoms. The number of hydrogen-bond donors (Lipinski definition) is 0. The van der Waals surface area contributed by atoms with Crippen molar-refractivity contribution in [2.24, 2.45) is 0 Å². The monoisotopic (exact) mass is 154 g/mol. The van der Waals surface area contributed by atoms with E-state index in [9.17, 15) is 0 Å². The lowest BCUT2D eigenvalue weighted by molar-refractivity contribution is 0.628. The standard InChI is InChI=1S/C7H10N2S/c1-6-4-7-5-10-3-2-9(7)8-6/h4H,2-3,5H2,1H3. The third kappa shape index (κ3) is 0.944. The average molecular weight is 154 g/mol. The molecule has 0 saturated carbocycles. The number of nitrogens with zero attached hydrogens (tertiary/aromatic N) is 2. The Morgan fingerprint density at radius 3 is 3.40 bits per heavy atom. The number of aryl methyl sites for hydroxylation is 2. The Hall–Kier alpha value is -0.440. The Bertz CT molecular complexity index is 218. The molecule has 0 radical (unpaired) electrons. The van der Waals surface area contributed by atoms with Gasteiger partial charge in [-0.3, -0.25) is 4.68 Å². The maximum Gasteiger partial charge on any atom is 0.0596 e. The molecule has 1 aromatic rings. The van der Waals surface area contributed by atoms with Crippen LogP contribution in [0.4, 0.5) is 0 Å². The summed E-state index contributed by atoms with van der Waals surface area (Å²) in [5, 5.41) is 4.35. The van der Waals surface area contributed by atoms with Crippen molar-refractivity contribution in [2.75, 3.05) is 5.75 Å². The molecule has 0 unspecified atom stereocenters. The molecule has 0 spiro atoms. The fourth-order valence-corrected chi connectivity index (χ4v) is 2.12. The van der Waals surface area contributed by atoms with Crippen LogP contribution >= 0.6 is 11.8 Å². The van der Waals surface area contributed by atoms with Crippen LogP contribution < -0.4 is 0 Å². The second-order valence-electron chi connectivity index (χ2n) is 2.55. The fourth-order valence-electron chi connectivity index (χ4n) is 1.24. The minimum Gasteiger partial charge on any atom is -0.268 e. The first-order valence-corrected chi connectivity index (χ1v) is 4.63. The molecular weight excluding hydrogens is 144 g/mol. The van der Waals surface area contributed by atoms with E-state index in [-0.39, 0.29) is 0 Å². The van der Waals surface area contributed by atoms with Crippen molar-refractivity contribution in [1.82, 2.24) is 9.78 Å². The summed E-state index contributed by atoms with van der Waals surface area (Å²) < 4.78 is 2.12. The quantitative estimate of drug-likeness (QED) is 0.562. The molecule has 0 amide bonds. The smallest absolute Gasteiger partial charge is 0.0596 e. The van der Waals surface area contributed by atoms with Gasteiger partial charge in [-0.2, -0.15) is 16.9 Å². The Balaban J connectivity index is 2.41. The zero-order chi connectivity index (χ0) is 6.97. The van der Waals surface area contributed by atoms with Gasteiger partial charge >= 0.3 is 0 Å². The van der Waals surface area contributed by atoms with Crippen LogP contribution in [0.25, 0.3) is 0 Å². The summed E-state index contributed by atoms with van der Waals surface area (Å²) in [6.07, 6.45) is 0. The molecule has 3 heteroatoms. The lowest BCUT2D eigenvalue weighted by Gasteiger charge is -2.11. The number of aromatic nitrogens is 2. The van der Waals surface area contributed by atoms with Gasteiger partial charge in [0.2, 0.25) is 0 Å². The first-order chi connectivity index (χ1) is 4.86. The molecule has 0 saturated heterocycles. The van der Waals surface area contributed by atoms with Gasteiger partial charge in [0.05, 0.1) is 12.2 Å². The number of rotatable bonds is 0. The largest absolute Gasteiger partial charge is 0.268 e. The van der Waals surface area contributed by atoms with Crippen LogP contribution in [0.5, 0.6) is 0 Å². The van der Waals surface area contributed by atoms with Gasteiger partial charge in [0.1, 0.15) is 0 Å². The average Bonchev–Trinajstić information content (AvgIpc) is 2.27. The van der Waals surface area contributed by atoms with E-state index in [1.807, 2.05) is 11.8 Å². The number of thioether (sulfide) groups is 1. The normalized spacial score (nSPS) is 16.9. The van der Waals surface area contributed by atoms with Crippen LogP contribution in [0.15, 0.2) is 6.07 Å². The predicted octanol–water partition coefficient (Wildman–Crippen LogP) is 1.44. The zero-order valence-corrected chi connectivity index (χ0v) is 6.82. The van der Waals surface area contributed by atoms with E-state index in [0.29, 0.717) is 0 Å². The summed E-state index contributed by atoms with van der Waals surface area (Å²) in [4.78, 5) is 0. The highest BCUT2D eigenvalue weighted by atomic mass is 32.2. The predicted molar refractivity (Wildman–Crippen MR) is 43.1 cm³/mol. The SMILES string of the molecule is Cc1cc2n(n1)CCSC2. The maximum absolute atomic E-state index is 4.35. The molecule has 2 heterocycles. The molecule has 0 aliphatic carbocycles. The van der Waals surface area contributed by atoms with Gasteiger partial charge in [-0.25, -0.2) is 0 Å².